The van der Waals surface area contributed by atoms with Crippen LogP contribution in [0.4, 0.5) is 5.69 Å². The second kappa shape index (κ2) is 8.44. The van der Waals surface area contributed by atoms with Gasteiger partial charge in [0.15, 0.2) is 5.78 Å². The Bertz CT molecular complexity index is 1120. The highest BCUT2D eigenvalue weighted by molar-refractivity contribution is 6.30. The second-order valence-electron chi connectivity index (χ2n) is 8.07. The van der Waals surface area contributed by atoms with Gasteiger partial charge >= 0.3 is 0 Å². The molecule has 31 heavy (non-hydrogen) atoms. The van der Waals surface area contributed by atoms with E-state index in [0.29, 0.717) is 39.9 Å². The van der Waals surface area contributed by atoms with Crippen LogP contribution in [0.5, 0.6) is 11.5 Å². The molecular formula is C25H22ClNO4. The van der Waals surface area contributed by atoms with Crippen molar-refractivity contribution in [3.05, 3.63) is 88.4 Å². The number of nitrogens with one attached hydrogen (secondary N) is 1. The van der Waals surface area contributed by atoms with Crippen molar-refractivity contribution in [1.82, 2.24) is 0 Å². The summed E-state index contributed by atoms with van der Waals surface area (Å²) in [6, 6.07) is 19.5. The molecule has 0 atom stereocenters. The number of anilines is 1. The summed E-state index contributed by atoms with van der Waals surface area (Å²) >= 11 is 5.89. The number of hydrogen-bond acceptors (Lipinski definition) is 4. The average Bonchev–Trinajstić information content (AvgIpc) is 2.73. The van der Waals surface area contributed by atoms with Gasteiger partial charge in [-0.2, -0.15) is 0 Å². The molecule has 1 aliphatic rings. The van der Waals surface area contributed by atoms with Crippen LogP contribution in [0.25, 0.3) is 0 Å². The molecule has 0 saturated heterocycles. The summed E-state index contributed by atoms with van der Waals surface area (Å²) in [5.41, 5.74) is 1.95. The number of carbonyl (C=O) groups is 2. The number of rotatable bonds is 5. The third-order valence-corrected chi connectivity index (χ3v) is 5.20. The Morgan fingerprint density at radius 1 is 1.06 bits per heavy atom. The van der Waals surface area contributed by atoms with Gasteiger partial charge in [-0.15, -0.1) is 0 Å². The predicted octanol–water partition coefficient (Wildman–Crippen LogP) is 5.92. The molecule has 0 fully saturated rings. The van der Waals surface area contributed by atoms with E-state index in [2.05, 4.69) is 5.32 Å². The monoisotopic (exact) mass is 435 g/mol. The fourth-order valence-corrected chi connectivity index (χ4v) is 3.50. The van der Waals surface area contributed by atoms with Gasteiger partial charge in [0, 0.05) is 16.3 Å². The molecule has 6 heteroatoms. The molecule has 3 aromatic carbocycles. The zero-order valence-corrected chi connectivity index (χ0v) is 18.0. The number of ketones is 1. The molecular weight excluding hydrogens is 414 g/mol. The van der Waals surface area contributed by atoms with Crippen LogP contribution in [0, 0.1) is 0 Å². The van der Waals surface area contributed by atoms with Gasteiger partial charge in [-0.1, -0.05) is 23.7 Å². The van der Waals surface area contributed by atoms with Crippen LogP contribution in [0.15, 0.2) is 66.7 Å². The molecule has 0 aromatic heterocycles. The lowest BCUT2D eigenvalue weighted by atomic mass is 9.92. The van der Waals surface area contributed by atoms with Crippen molar-refractivity contribution in [3.63, 3.8) is 0 Å². The molecule has 0 saturated carbocycles. The summed E-state index contributed by atoms with van der Waals surface area (Å²) in [5.74, 6) is 0.880. The van der Waals surface area contributed by atoms with E-state index in [1.54, 1.807) is 42.5 Å². The number of fused-ring (bicyclic) bond motifs is 1. The maximum atomic E-state index is 12.7. The zero-order chi connectivity index (χ0) is 22.0. The standard InChI is InChI=1S/C25H22ClNO4/c1-25(2)14-22(28)21-13-17(5-12-23(21)31-25)24(29)27-19-8-10-20(11-9-19)30-15-16-3-6-18(26)7-4-16/h3-13H,14-15H2,1-2H3,(H,27,29). The summed E-state index contributed by atoms with van der Waals surface area (Å²) in [6.45, 7) is 4.17. The highest BCUT2D eigenvalue weighted by Gasteiger charge is 2.32. The van der Waals surface area contributed by atoms with Crippen molar-refractivity contribution in [2.24, 2.45) is 0 Å². The number of hydrogen-bond donors (Lipinski definition) is 1. The number of benzene rings is 3. The lowest BCUT2D eigenvalue weighted by molar-refractivity contribution is 0.0620. The number of Topliss-reactive ketones (excluding diaryl/α,β-unsaturated/α-hetero) is 1. The van der Waals surface area contributed by atoms with E-state index in [0.717, 1.165) is 5.56 Å². The van der Waals surface area contributed by atoms with Crippen molar-refractivity contribution >= 4 is 29.0 Å². The summed E-state index contributed by atoms with van der Waals surface area (Å²) in [7, 11) is 0. The Balaban J connectivity index is 1.39. The third kappa shape index (κ3) is 5.06. The Morgan fingerprint density at radius 3 is 2.48 bits per heavy atom. The van der Waals surface area contributed by atoms with Crippen LogP contribution in [-0.2, 0) is 6.61 Å². The number of amides is 1. The van der Waals surface area contributed by atoms with Gasteiger partial charge < -0.3 is 14.8 Å². The Labute approximate surface area is 185 Å². The first-order valence-electron chi connectivity index (χ1n) is 9.94. The SMILES string of the molecule is CC1(C)CC(=O)c2cc(C(=O)Nc3ccc(OCc4ccc(Cl)cc4)cc3)ccc2O1. The molecule has 0 unspecified atom stereocenters. The van der Waals surface area contributed by atoms with E-state index in [1.165, 1.54) is 0 Å². The van der Waals surface area contributed by atoms with E-state index in [-0.39, 0.29) is 18.1 Å². The van der Waals surface area contributed by atoms with Crippen LogP contribution in [0.2, 0.25) is 5.02 Å². The molecule has 0 aliphatic carbocycles. The minimum absolute atomic E-state index is 0.0249. The summed E-state index contributed by atoms with van der Waals surface area (Å²) < 4.78 is 11.6. The molecule has 4 rings (SSSR count). The molecule has 0 bridgehead atoms. The van der Waals surface area contributed by atoms with Gasteiger partial charge in [0.2, 0.25) is 0 Å². The Kier molecular flexibility index (Phi) is 5.70. The van der Waals surface area contributed by atoms with Gasteiger partial charge in [0.1, 0.15) is 23.7 Å². The summed E-state index contributed by atoms with van der Waals surface area (Å²) in [5, 5.41) is 3.53. The van der Waals surface area contributed by atoms with Crippen LogP contribution >= 0.6 is 11.6 Å². The first-order valence-corrected chi connectivity index (χ1v) is 10.3. The molecule has 1 heterocycles. The van der Waals surface area contributed by atoms with Crippen LogP contribution < -0.4 is 14.8 Å². The van der Waals surface area contributed by atoms with E-state index >= 15 is 0 Å². The normalized spacial score (nSPS) is 14.4. The maximum absolute atomic E-state index is 12.7. The minimum Gasteiger partial charge on any atom is -0.489 e. The largest absolute Gasteiger partial charge is 0.489 e. The van der Waals surface area contributed by atoms with E-state index < -0.39 is 5.60 Å². The minimum atomic E-state index is -0.536. The summed E-state index contributed by atoms with van der Waals surface area (Å²) in [4.78, 5) is 25.1. The summed E-state index contributed by atoms with van der Waals surface area (Å²) in [6.07, 6.45) is 0.280. The molecule has 5 nitrogen and oxygen atoms in total. The van der Waals surface area contributed by atoms with Gasteiger partial charge in [0.05, 0.1) is 12.0 Å². The van der Waals surface area contributed by atoms with Gasteiger partial charge in [-0.25, -0.2) is 0 Å². The van der Waals surface area contributed by atoms with Crippen molar-refractivity contribution < 1.29 is 19.1 Å². The first-order chi connectivity index (χ1) is 14.8. The van der Waals surface area contributed by atoms with Crippen LogP contribution in [-0.4, -0.2) is 17.3 Å². The van der Waals surface area contributed by atoms with E-state index in [4.69, 9.17) is 21.1 Å². The topological polar surface area (TPSA) is 64.6 Å². The molecule has 0 radical (unpaired) electrons. The molecule has 3 aromatic rings. The highest BCUT2D eigenvalue weighted by Crippen LogP contribution is 2.33. The molecule has 1 amide bonds. The molecule has 158 valence electrons. The zero-order valence-electron chi connectivity index (χ0n) is 17.3. The van der Waals surface area contributed by atoms with Crippen molar-refractivity contribution in [2.75, 3.05) is 5.32 Å². The van der Waals surface area contributed by atoms with Gasteiger partial charge in [-0.3, -0.25) is 9.59 Å². The second-order valence-corrected chi connectivity index (χ2v) is 8.50. The van der Waals surface area contributed by atoms with Crippen LogP contribution in [0.3, 0.4) is 0 Å². The number of ether oxygens (including phenoxy) is 2. The maximum Gasteiger partial charge on any atom is 0.255 e. The highest BCUT2D eigenvalue weighted by atomic mass is 35.5. The van der Waals surface area contributed by atoms with Gasteiger partial charge in [0.25, 0.3) is 5.91 Å². The van der Waals surface area contributed by atoms with Crippen molar-refractivity contribution in [2.45, 2.75) is 32.5 Å². The van der Waals surface area contributed by atoms with Gasteiger partial charge in [-0.05, 0) is 74.0 Å². The quantitative estimate of drug-likeness (QED) is 0.540. The average molecular weight is 436 g/mol. The van der Waals surface area contributed by atoms with E-state index in [9.17, 15) is 9.59 Å². The predicted molar refractivity (Wildman–Crippen MR) is 120 cm³/mol. The van der Waals surface area contributed by atoms with Crippen molar-refractivity contribution in [3.8, 4) is 11.5 Å². The number of halogens is 1. The van der Waals surface area contributed by atoms with Crippen LogP contribution in [0.1, 0.15) is 46.5 Å². The Hall–Kier alpha value is -3.31. The fraction of sp³-hybridized carbons (Fsp3) is 0.200. The number of carbonyl (C=O) groups excluding carboxylic acids is 2. The first kappa shape index (κ1) is 20.9. The lowest BCUT2D eigenvalue weighted by Gasteiger charge is -2.31. The molecule has 1 aliphatic heterocycles. The fourth-order valence-electron chi connectivity index (χ4n) is 3.38. The Morgan fingerprint density at radius 2 is 1.77 bits per heavy atom. The van der Waals surface area contributed by atoms with E-state index in [1.807, 2.05) is 38.1 Å². The smallest absolute Gasteiger partial charge is 0.255 e. The molecule has 1 N–H and O–H groups in total. The third-order valence-electron chi connectivity index (χ3n) is 4.95. The molecule has 0 spiro atoms. The lowest BCUT2D eigenvalue weighted by Crippen LogP contribution is -2.36. The van der Waals surface area contributed by atoms with Crippen molar-refractivity contribution in [1.29, 1.82) is 0 Å².